The molecule has 0 aromatic heterocycles. The van der Waals surface area contributed by atoms with Crippen molar-refractivity contribution >= 4 is 22.7 Å². The number of methoxy groups -OCH3 is 1. The molecule has 2 aromatic carbocycles. The Hall–Kier alpha value is -2.36. The molecule has 0 aliphatic heterocycles. The van der Waals surface area contributed by atoms with Gasteiger partial charge in [-0.3, -0.25) is 0 Å². The van der Waals surface area contributed by atoms with E-state index >= 15 is 0 Å². The van der Waals surface area contributed by atoms with Gasteiger partial charge in [0.15, 0.2) is 0 Å². The number of nitrogens with two attached hydrogens (primary N) is 2. The van der Waals surface area contributed by atoms with Crippen LogP contribution in [0.1, 0.15) is 5.56 Å². The third-order valence-electron chi connectivity index (χ3n) is 2.74. The number of nitrogen functional groups attached to an aromatic ring is 2. The monoisotopic (exact) mass is 243 g/mol. The predicted molar refractivity (Wildman–Crippen MR) is 76.3 cm³/mol. The summed E-state index contributed by atoms with van der Waals surface area (Å²) in [4.78, 5) is 0. The van der Waals surface area contributed by atoms with E-state index in [0.29, 0.717) is 11.4 Å². The topological polar surface area (TPSA) is 73.3 Å². The molecule has 94 valence electrons. The minimum absolute atomic E-state index is 0.620. The van der Waals surface area contributed by atoms with Gasteiger partial charge in [0.1, 0.15) is 5.75 Å². The standard InChI is InChI=1S/C14H17N3O/c1-9-3-5-13(11(15)7-9)17-14-6-4-10(18-2)8-12(14)16/h3-8,17H,15-16H2,1-2H3. The molecule has 0 aliphatic carbocycles. The number of hydrogen-bond donors (Lipinski definition) is 3. The molecule has 5 N–H and O–H groups in total. The molecule has 0 radical (unpaired) electrons. The van der Waals surface area contributed by atoms with Crippen LogP contribution in [-0.2, 0) is 0 Å². The van der Waals surface area contributed by atoms with Crippen LogP contribution in [0.2, 0.25) is 0 Å². The second-order valence-electron chi connectivity index (χ2n) is 4.17. The first kappa shape index (κ1) is 12.1. The van der Waals surface area contributed by atoms with Gasteiger partial charge in [0.25, 0.3) is 0 Å². The number of rotatable bonds is 3. The van der Waals surface area contributed by atoms with Crippen molar-refractivity contribution in [2.75, 3.05) is 23.9 Å². The Kier molecular flexibility index (Phi) is 3.28. The summed E-state index contributed by atoms with van der Waals surface area (Å²) in [6.07, 6.45) is 0. The lowest BCUT2D eigenvalue weighted by Gasteiger charge is -2.12. The average Bonchev–Trinajstić information content (AvgIpc) is 2.34. The van der Waals surface area contributed by atoms with Crippen LogP contribution in [0.15, 0.2) is 36.4 Å². The van der Waals surface area contributed by atoms with Crippen molar-refractivity contribution in [1.82, 2.24) is 0 Å². The number of benzene rings is 2. The predicted octanol–water partition coefficient (Wildman–Crippen LogP) is 2.91. The summed E-state index contributed by atoms with van der Waals surface area (Å²) < 4.78 is 5.11. The quantitative estimate of drug-likeness (QED) is 0.725. The van der Waals surface area contributed by atoms with Crippen molar-refractivity contribution in [1.29, 1.82) is 0 Å². The molecule has 2 rings (SSSR count). The van der Waals surface area contributed by atoms with Gasteiger partial charge < -0.3 is 21.5 Å². The molecule has 0 fully saturated rings. The first-order chi connectivity index (χ1) is 8.60. The first-order valence-corrected chi connectivity index (χ1v) is 5.67. The fraction of sp³-hybridized carbons (Fsp3) is 0.143. The van der Waals surface area contributed by atoms with Crippen LogP contribution >= 0.6 is 0 Å². The van der Waals surface area contributed by atoms with Crippen molar-refractivity contribution in [2.24, 2.45) is 0 Å². The third kappa shape index (κ3) is 2.48. The molecule has 4 nitrogen and oxygen atoms in total. The smallest absolute Gasteiger partial charge is 0.121 e. The van der Waals surface area contributed by atoms with Gasteiger partial charge in [-0.15, -0.1) is 0 Å². The second kappa shape index (κ2) is 4.87. The molecule has 4 heteroatoms. The molecule has 18 heavy (non-hydrogen) atoms. The lowest BCUT2D eigenvalue weighted by molar-refractivity contribution is 0.415. The van der Waals surface area contributed by atoms with Gasteiger partial charge in [-0.1, -0.05) is 6.07 Å². The summed E-state index contributed by atoms with van der Waals surface area (Å²) >= 11 is 0. The van der Waals surface area contributed by atoms with Crippen LogP contribution in [0, 0.1) is 6.92 Å². The number of hydrogen-bond acceptors (Lipinski definition) is 4. The number of nitrogens with one attached hydrogen (secondary N) is 1. The van der Waals surface area contributed by atoms with Crippen molar-refractivity contribution in [3.05, 3.63) is 42.0 Å². The summed E-state index contributed by atoms with van der Waals surface area (Å²) in [5, 5.41) is 3.21. The molecule has 0 atom stereocenters. The zero-order valence-corrected chi connectivity index (χ0v) is 10.5. The molecule has 0 unspecified atom stereocenters. The van der Waals surface area contributed by atoms with E-state index in [1.54, 1.807) is 13.2 Å². The maximum absolute atomic E-state index is 5.95. The summed E-state index contributed by atoms with van der Waals surface area (Å²) in [6, 6.07) is 11.3. The molecular formula is C14H17N3O. The van der Waals surface area contributed by atoms with Gasteiger partial charge in [-0.2, -0.15) is 0 Å². The van der Waals surface area contributed by atoms with Crippen molar-refractivity contribution in [3.8, 4) is 5.75 Å². The molecule has 0 bridgehead atoms. The fourth-order valence-corrected chi connectivity index (χ4v) is 1.72. The normalized spacial score (nSPS) is 10.1. The van der Waals surface area contributed by atoms with Crippen LogP contribution in [-0.4, -0.2) is 7.11 Å². The van der Waals surface area contributed by atoms with Crippen LogP contribution in [0.4, 0.5) is 22.7 Å². The summed E-state index contributed by atoms with van der Waals surface area (Å²) in [6.45, 7) is 2.00. The SMILES string of the molecule is COc1ccc(Nc2ccc(C)cc2N)c(N)c1. The summed E-state index contributed by atoms with van der Waals surface area (Å²) in [7, 11) is 1.61. The summed E-state index contributed by atoms with van der Waals surface area (Å²) in [5.41, 5.74) is 16.0. The lowest BCUT2D eigenvalue weighted by atomic mass is 10.2. The van der Waals surface area contributed by atoms with E-state index in [0.717, 1.165) is 22.7 Å². The molecule has 0 spiro atoms. The zero-order valence-electron chi connectivity index (χ0n) is 10.5. The van der Waals surface area contributed by atoms with Crippen LogP contribution in [0.3, 0.4) is 0 Å². The minimum Gasteiger partial charge on any atom is -0.497 e. The van der Waals surface area contributed by atoms with E-state index < -0.39 is 0 Å². The Labute approximate surface area is 107 Å². The Bertz CT molecular complexity index is 567. The fourth-order valence-electron chi connectivity index (χ4n) is 1.72. The molecule has 0 saturated heterocycles. The van der Waals surface area contributed by atoms with E-state index in [9.17, 15) is 0 Å². The number of ether oxygens (including phenoxy) is 1. The number of aryl methyl sites for hydroxylation is 1. The minimum atomic E-state index is 0.620. The van der Waals surface area contributed by atoms with Gasteiger partial charge in [-0.05, 0) is 36.8 Å². The Morgan fingerprint density at radius 3 is 2.11 bits per heavy atom. The largest absolute Gasteiger partial charge is 0.497 e. The van der Waals surface area contributed by atoms with Gasteiger partial charge in [0.2, 0.25) is 0 Å². The molecular weight excluding hydrogens is 226 g/mol. The van der Waals surface area contributed by atoms with Gasteiger partial charge in [0, 0.05) is 6.07 Å². The average molecular weight is 243 g/mol. The van der Waals surface area contributed by atoms with Crippen LogP contribution in [0.5, 0.6) is 5.75 Å². The lowest BCUT2D eigenvalue weighted by Crippen LogP contribution is -2.00. The molecule has 0 aliphatic rings. The van der Waals surface area contributed by atoms with Gasteiger partial charge in [-0.25, -0.2) is 0 Å². The highest BCUT2D eigenvalue weighted by Gasteiger charge is 2.04. The van der Waals surface area contributed by atoms with E-state index in [4.69, 9.17) is 16.2 Å². The van der Waals surface area contributed by atoms with Crippen LogP contribution < -0.4 is 21.5 Å². The molecule has 2 aromatic rings. The van der Waals surface area contributed by atoms with E-state index in [1.165, 1.54) is 0 Å². The maximum Gasteiger partial charge on any atom is 0.121 e. The Morgan fingerprint density at radius 1 is 0.944 bits per heavy atom. The second-order valence-corrected chi connectivity index (χ2v) is 4.17. The summed E-state index contributed by atoms with van der Waals surface area (Å²) in [5.74, 6) is 0.731. The van der Waals surface area contributed by atoms with Gasteiger partial charge >= 0.3 is 0 Å². The number of anilines is 4. The maximum atomic E-state index is 5.95. The van der Waals surface area contributed by atoms with Crippen LogP contribution in [0.25, 0.3) is 0 Å². The highest BCUT2D eigenvalue weighted by Crippen LogP contribution is 2.29. The zero-order chi connectivity index (χ0) is 13.1. The molecule has 0 amide bonds. The highest BCUT2D eigenvalue weighted by molar-refractivity contribution is 5.79. The first-order valence-electron chi connectivity index (χ1n) is 5.67. The highest BCUT2D eigenvalue weighted by atomic mass is 16.5. The Balaban J connectivity index is 2.28. The van der Waals surface area contributed by atoms with Gasteiger partial charge in [0.05, 0.1) is 29.9 Å². The molecule has 0 saturated carbocycles. The molecule has 0 heterocycles. The van der Waals surface area contributed by atoms with Crippen molar-refractivity contribution in [2.45, 2.75) is 6.92 Å². The van der Waals surface area contributed by atoms with E-state index in [2.05, 4.69) is 5.32 Å². The van der Waals surface area contributed by atoms with E-state index in [1.807, 2.05) is 37.3 Å². The third-order valence-corrected chi connectivity index (χ3v) is 2.74. The Morgan fingerprint density at radius 2 is 1.56 bits per heavy atom. The van der Waals surface area contributed by atoms with E-state index in [-0.39, 0.29) is 0 Å². The van der Waals surface area contributed by atoms with Crippen molar-refractivity contribution in [3.63, 3.8) is 0 Å². The van der Waals surface area contributed by atoms with Crippen molar-refractivity contribution < 1.29 is 4.74 Å².